The quantitative estimate of drug-likeness (QED) is 0.350. The Kier molecular flexibility index (Phi) is 7.55. The molecule has 2 N–H and O–H groups in total. The molecule has 0 bridgehead atoms. The third kappa shape index (κ3) is 5.47. The van der Waals surface area contributed by atoms with Crippen molar-refractivity contribution in [1.82, 2.24) is 9.38 Å². The number of nitrogens with one attached hydrogen (secondary N) is 2. The molecule has 0 aliphatic rings. The number of carbonyl (C=O) groups is 3. The maximum atomic E-state index is 13.4. The van der Waals surface area contributed by atoms with Crippen molar-refractivity contribution in [2.75, 3.05) is 17.7 Å². The number of aromatic carboxylic acids is 1. The topological polar surface area (TPSA) is 142 Å². The predicted octanol–water partition coefficient (Wildman–Crippen LogP) is 3.24. The van der Waals surface area contributed by atoms with Crippen LogP contribution in [0.25, 0.3) is 4.96 Å². The lowest BCUT2D eigenvalue weighted by molar-refractivity contribution is -0.255. The van der Waals surface area contributed by atoms with Gasteiger partial charge >= 0.3 is 0 Å². The second-order valence-electron chi connectivity index (χ2n) is 7.85. The van der Waals surface area contributed by atoms with E-state index in [0.29, 0.717) is 22.9 Å². The molecule has 0 spiro atoms. The summed E-state index contributed by atoms with van der Waals surface area (Å²) >= 11 is 6.96. The van der Waals surface area contributed by atoms with E-state index in [9.17, 15) is 24.3 Å². The third-order valence-electron chi connectivity index (χ3n) is 5.29. The lowest BCUT2D eigenvalue weighted by Crippen LogP contribution is -2.25. The molecule has 0 saturated carbocycles. The Morgan fingerprint density at radius 3 is 2.46 bits per heavy atom. The Morgan fingerprint density at radius 2 is 1.81 bits per heavy atom. The highest BCUT2D eigenvalue weighted by molar-refractivity contribution is 7.19. The second-order valence-corrected chi connectivity index (χ2v) is 9.27. The molecule has 4 rings (SSSR count). The summed E-state index contributed by atoms with van der Waals surface area (Å²) in [6, 6.07) is 11.3. The smallest absolute Gasteiger partial charge is 0.274 e. The van der Waals surface area contributed by atoms with Crippen LogP contribution in [0.1, 0.15) is 49.6 Å². The van der Waals surface area contributed by atoms with E-state index < -0.39 is 23.3 Å². The number of benzene rings is 2. The van der Waals surface area contributed by atoms with Crippen molar-refractivity contribution in [1.29, 1.82) is 0 Å². The van der Waals surface area contributed by atoms with E-state index in [0.717, 1.165) is 22.2 Å². The lowest BCUT2D eigenvalue weighted by atomic mass is 10.2. The van der Waals surface area contributed by atoms with Gasteiger partial charge in [0.1, 0.15) is 16.3 Å². The van der Waals surface area contributed by atoms with Crippen molar-refractivity contribution in [3.05, 3.63) is 85.7 Å². The summed E-state index contributed by atoms with van der Waals surface area (Å²) in [5, 5.41) is 16.7. The lowest BCUT2D eigenvalue weighted by Gasteiger charge is -2.11. The van der Waals surface area contributed by atoms with E-state index in [1.807, 2.05) is 6.92 Å². The molecule has 0 aliphatic carbocycles. The number of thiazole rings is 1. The number of halogens is 1. The number of hydrogen-bond acceptors (Lipinski definition) is 8. The van der Waals surface area contributed by atoms with Crippen LogP contribution in [-0.2, 0) is 6.42 Å². The van der Waals surface area contributed by atoms with Gasteiger partial charge in [0.05, 0.1) is 18.8 Å². The normalized spacial score (nSPS) is 10.8. The molecule has 10 nitrogen and oxygen atoms in total. The van der Waals surface area contributed by atoms with Gasteiger partial charge in [-0.3, -0.25) is 14.4 Å². The minimum Gasteiger partial charge on any atom is -0.545 e. The summed E-state index contributed by atoms with van der Waals surface area (Å²) in [7, 11) is 1.43. The SMILES string of the molecule is CCCc1cc(=O)n2c(C(=O)Nc3ccc(C(=O)[O-])cc3)c(C(=O)Nc3cc(Cl)ccc3OC)sc2n1. The van der Waals surface area contributed by atoms with E-state index >= 15 is 0 Å². The first-order valence-electron chi connectivity index (χ1n) is 11.0. The van der Waals surface area contributed by atoms with Gasteiger partial charge < -0.3 is 25.3 Å². The zero-order chi connectivity index (χ0) is 26.7. The Bertz CT molecular complexity index is 1580. The number of amides is 2. The molecule has 190 valence electrons. The van der Waals surface area contributed by atoms with Crippen molar-refractivity contribution in [3.63, 3.8) is 0 Å². The Hall–Kier alpha value is -4.22. The number of carboxylic acids is 1. The fourth-order valence-electron chi connectivity index (χ4n) is 3.60. The Balaban J connectivity index is 1.79. The number of rotatable bonds is 8. The first-order chi connectivity index (χ1) is 17.7. The molecule has 2 aromatic carbocycles. The van der Waals surface area contributed by atoms with Gasteiger partial charge in [-0.05, 0) is 42.3 Å². The highest BCUT2D eigenvalue weighted by Crippen LogP contribution is 2.30. The zero-order valence-corrected chi connectivity index (χ0v) is 21.2. The van der Waals surface area contributed by atoms with Crippen LogP contribution < -0.4 is 26.0 Å². The molecular formula is C25H20ClN4O6S-. The minimum absolute atomic E-state index is 0.0656. The molecule has 0 radical (unpaired) electrons. The molecule has 0 atom stereocenters. The molecule has 2 aromatic heterocycles. The summed E-state index contributed by atoms with van der Waals surface area (Å²) in [4.78, 5) is 55.4. The number of methoxy groups -OCH3 is 1. The summed E-state index contributed by atoms with van der Waals surface area (Å²) < 4.78 is 6.36. The number of aromatic nitrogens is 2. The molecule has 4 aromatic rings. The number of carboxylic acid groups (broad SMARTS) is 1. The highest BCUT2D eigenvalue weighted by Gasteiger charge is 2.27. The van der Waals surface area contributed by atoms with Crippen molar-refractivity contribution >= 4 is 57.1 Å². The van der Waals surface area contributed by atoms with Gasteiger partial charge in [-0.1, -0.05) is 48.4 Å². The number of ether oxygens (including phenoxy) is 1. The second kappa shape index (κ2) is 10.8. The van der Waals surface area contributed by atoms with Crippen LogP contribution in [0.5, 0.6) is 5.75 Å². The Morgan fingerprint density at radius 1 is 1.08 bits per heavy atom. The summed E-state index contributed by atoms with van der Waals surface area (Å²) in [5.74, 6) is -2.45. The fraction of sp³-hybridized carbons (Fsp3) is 0.160. The van der Waals surface area contributed by atoms with Crippen LogP contribution in [0.15, 0.2) is 53.3 Å². The number of hydrogen-bond donors (Lipinski definition) is 2. The van der Waals surface area contributed by atoms with E-state index in [4.69, 9.17) is 16.3 Å². The number of fused-ring (bicyclic) bond motifs is 1. The average molecular weight is 540 g/mol. The van der Waals surface area contributed by atoms with Crippen molar-refractivity contribution in [2.24, 2.45) is 0 Å². The predicted molar refractivity (Wildman–Crippen MR) is 138 cm³/mol. The van der Waals surface area contributed by atoms with Gasteiger partial charge in [0.15, 0.2) is 4.96 Å². The molecule has 2 amide bonds. The van der Waals surface area contributed by atoms with Crippen LogP contribution in [0.3, 0.4) is 0 Å². The number of aryl methyl sites for hydroxylation is 1. The minimum atomic E-state index is -1.36. The molecule has 0 aliphatic heterocycles. The monoisotopic (exact) mass is 539 g/mol. The van der Waals surface area contributed by atoms with Crippen molar-refractivity contribution in [2.45, 2.75) is 19.8 Å². The molecule has 0 saturated heterocycles. The van der Waals surface area contributed by atoms with Crippen LogP contribution >= 0.6 is 22.9 Å². The van der Waals surface area contributed by atoms with Crippen LogP contribution in [0, 0.1) is 0 Å². The van der Waals surface area contributed by atoms with Gasteiger partial charge in [-0.15, -0.1) is 0 Å². The van der Waals surface area contributed by atoms with Gasteiger partial charge in [0.2, 0.25) is 0 Å². The highest BCUT2D eigenvalue weighted by atomic mass is 35.5. The summed E-state index contributed by atoms with van der Waals surface area (Å²) in [6.45, 7) is 1.94. The number of carbonyl (C=O) groups excluding carboxylic acids is 3. The van der Waals surface area contributed by atoms with Crippen LogP contribution in [0.4, 0.5) is 11.4 Å². The molecule has 37 heavy (non-hydrogen) atoms. The molecule has 2 heterocycles. The maximum absolute atomic E-state index is 13.4. The molecular weight excluding hydrogens is 520 g/mol. The average Bonchev–Trinajstić information content (AvgIpc) is 3.25. The van der Waals surface area contributed by atoms with Gasteiger partial charge in [-0.25, -0.2) is 9.38 Å². The fourth-order valence-corrected chi connectivity index (χ4v) is 4.82. The van der Waals surface area contributed by atoms with E-state index in [-0.39, 0.29) is 32.5 Å². The zero-order valence-electron chi connectivity index (χ0n) is 19.7. The van der Waals surface area contributed by atoms with Gasteiger partial charge in [0.25, 0.3) is 17.4 Å². The van der Waals surface area contributed by atoms with Crippen LogP contribution in [0.2, 0.25) is 5.02 Å². The van der Waals surface area contributed by atoms with Crippen LogP contribution in [-0.4, -0.2) is 34.3 Å². The summed E-state index contributed by atoms with van der Waals surface area (Å²) in [5.41, 5.74) is 0.263. The largest absolute Gasteiger partial charge is 0.545 e. The standard InChI is InChI=1S/C25H21ClN4O6S/c1-3-4-16-12-19(31)30-20(22(32)27-15-8-5-13(6-9-15)24(34)35)21(37-25(30)28-16)23(33)29-17-11-14(26)7-10-18(17)36-2/h5-12H,3-4H2,1-2H3,(H,27,32)(H,29,33)(H,34,35)/p-1. The Labute approximate surface area is 219 Å². The maximum Gasteiger partial charge on any atom is 0.274 e. The van der Waals surface area contributed by atoms with Crippen molar-refractivity contribution < 1.29 is 24.2 Å². The van der Waals surface area contributed by atoms with Crippen molar-refractivity contribution in [3.8, 4) is 5.75 Å². The van der Waals surface area contributed by atoms with Gasteiger partial charge in [-0.2, -0.15) is 0 Å². The van der Waals surface area contributed by atoms with E-state index in [1.54, 1.807) is 12.1 Å². The van der Waals surface area contributed by atoms with E-state index in [2.05, 4.69) is 15.6 Å². The number of anilines is 2. The molecule has 12 heteroatoms. The van der Waals surface area contributed by atoms with Gasteiger partial charge in [0, 0.05) is 22.5 Å². The van der Waals surface area contributed by atoms with E-state index in [1.165, 1.54) is 43.5 Å². The molecule has 0 unspecified atom stereocenters. The first kappa shape index (κ1) is 25.9. The number of nitrogens with zero attached hydrogens (tertiary/aromatic N) is 2. The first-order valence-corrected chi connectivity index (χ1v) is 12.2. The third-order valence-corrected chi connectivity index (χ3v) is 6.56. The molecule has 0 fully saturated rings. The summed E-state index contributed by atoms with van der Waals surface area (Å²) in [6.07, 6.45) is 1.31.